The molecular formula is C13H16N4S. The number of aryl methyl sites for hydroxylation is 2. The average Bonchev–Trinajstić information content (AvgIpc) is 2.68. The summed E-state index contributed by atoms with van der Waals surface area (Å²) in [5.41, 5.74) is 3.14. The van der Waals surface area contributed by atoms with E-state index in [0.717, 1.165) is 21.4 Å². The first-order valence-electron chi connectivity index (χ1n) is 5.67. The zero-order valence-electron chi connectivity index (χ0n) is 11.0. The molecule has 2 rings (SSSR count). The Balaban J connectivity index is 2.35. The average molecular weight is 260 g/mol. The van der Waals surface area contributed by atoms with Crippen LogP contribution in [0, 0.1) is 13.8 Å². The van der Waals surface area contributed by atoms with Gasteiger partial charge in [-0.25, -0.2) is 9.98 Å². The van der Waals surface area contributed by atoms with E-state index in [9.17, 15) is 0 Å². The minimum atomic E-state index is 0.763. The Kier molecular flexibility index (Phi) is 3.72. The number of pyridine rings is 1. The Hall–Kier alpha value is -1.75. The van der Waals surface area contributed by atoms with Crippen LogP contribution in [0.4, 0.5) is 5.13 Å². The summed E-state index contributed by atoms with van der Waals surface area (Å²) in [4.78, 5) is 16.1. The molecule has 2 heterocycles. The number of nitrogens with zero attached hydrogens (tertiary/aromatic N) is 4. The monoisotopic (exact) mass is 260 g/mol. The molecule has 0 spiro atoms. The van der Waals surface area contributed by atoms with Gasteiger partial charge in [-0.1, -0.05) is 11.3 Å². The van der Waals surface area contributed by atoms with Crippen LogP contribution in [0.25, 0.3) is 10.6 Å². The van der Waals surface area contributed by atoms with Crippen molar-refractivity contribution in [2.45, 2.75) is 13.8 Å². The van der Waals surface area contributed by atoms with Crippen LogP contribution >= 0.6 is 11.3 Å². The summed E-state index contributed by atoms with van der Waals surface area (Å²) in [6.45, 7) is 4.05. The summed E-state index contributed by atoms with van der Waals surface area (Å²) >= 11 is 1.57. The second kappa shape index (κ2) is 5.27. The molecule has 0 aromatic carbocycles. The highest BCUT2D eigenvalue weighted by molar-refractivity contribution is 7.18. The summed E-state index contributed by atoms with van der Waals surface area (Å²) in [6.07, 6.45) is 3.58. The molecule has 0 bridgehead atoms. The Morgan fingerprint density at radius 1 is 1.33 bits per heavy atom. The molecule has 0 atom stereocenters. The van der Waals surface area contributed by atoms with Crippen molar-refractivity contribution >= 4 is 22.8 Å². The minimum absolute atomic E-state index is 0.763. The lowest BCUT2D eigenvalue weighted by molar-refractivity contribution is 0.643. The minimum Gasteiger partial charge on any atom is -0.369 e. The molecule has 94 valence electrons. The fraction of sp³-hybridized carbons (Fsp3) is 0.308. The molecule has 18 heavy (non-hydrogen) atoms. The van der Waals surface area contributed by atoms with Crippen molar-refractivity contribution in [3.05, 3.63) is 29.6 Å². The highest BCUT2D eigenvalue weighted by Crippen LogP contribution is 2.32. The number of hydrogen-bond donors (Lipinski definition) is 0. The number of thiazole rings is 1. The molecule has 0 N–H and O–H groups in total. The van der Waals surface area contributed by atoms with Crippen LogP contribution in [0.1, 0.15) is 11.3 Å². The fourth-order valence-electron chi connectivity index (χ4n) is 1.50. The molecule has 5 heteroatoms. The van der Waals surface area contributed by atoms with Crippen LogP contribution in [0.15, 0.2) is 23.3 Å². The van der Waals surface area contributed by atoms with Gasteiger partial charge in [0.25, 0.3) is 0 Å². The molecule has 0 saturated carbocycles. The van der Waals surface area contributed by atoms with Crippen molar-refractivity contribution in [3.8, 4) is 10.6 Å². The van der Waals surface area contributed by atoms with E-state index in [4.69, 9.17) is 0 Å². The number of aromatic nitrogens is 2. The maximum Gasteiger partial charge on any atom is 0.211 e. The van der Waals surface area contributed by atoms with Crippen LogP contribution in [0.3, 0.4) is 0 Å². The van der Waals surface area contributed by atoms with Gasteiger partial charge in [0.2, 0.25) is 5.13 Å². The van der Waals surface area contributed by atoms with Crippen molar-refractivity contribution in [2.24, 2.45) is 4.99 Å². The summed E-state index contributed by atoms with van der Waals surface area (Å²) in [6, 6.07) is 4.06. The fourth-order valence-corrected chi connectivity index (χ4v) is 2.37. The topological polar surface area (TPSA) is 41.4 Å². The number of aliphatic imine (C=N–C) groups is 1. The molecule has 2 aromatic heterocycles. The maximum absolute atomic E-state index is 4.44. The van der Waals surface area contributed by atoms with Crippen LogP contribution < -0.4 is 0 Å². The van der Waals surface area contributed by atoms with Crippen molar-refractivity contribution in [2.75, 3.05) is 14.1 Å². The highest BCUT2D eigenvalue weighted by Gasteiger charge is 2.10. The Labute approximate surface area is 111 Å². The Morgan fingerprint density at radius 3 is 2.78 bits per heavy atom. The zero-order valence-corrected chi connectivity index (χ0v) is 11.8. The summed E-state index contributed by atoms with van der Waals surface area (Å²) in [5.74, 6) is 0. The van der Waals surface area contributed by atoms with E-state index in [1.54, 1.807) is 17.7 Å². The smallest absolute Gasteiger partial charge is 0.211 e. The van der Waals surface area contributed by atoms with E-state index in [2.05, 4.69) is 28.0 Å². The van der Waals surface area contributed by atoms with Gasteiger partial charge in [0.15, 0.2) is 0 Å². The largest absolute Gasteiger partial charge is 0.369 e. The molecular weight excluding hydrogens is 244 g/mol. The first kappa shape index (κ1) is 12.7. The maximum atomic E-state index is 4.44. The van der Waals surface area contributed by atoms with E-state index in [0.29, 0.717) is 0 Å². The normalized spacial score (nSPS) is 11.1. The summed E-state index contributed by atoms with van der Waals surface area (Å²) in [7, 11) is 3.87. The van der Waals surface area contributed by atoms with Crippen LogP contribution in [-0.2, 0) is 0 Å². The molecule has 0 aliphatic heterocycles. The van der Waals surface area contributed by atoms with Crippen LogP contribution in [0.2, 0.25) is 0 Å². The predicted molar refractivity (Wildman–Crippen MR) is 76.7 cm³/mol. The van der Waals surface area contributed by atoms with Crippen LogP contribution in [0.5, 0.6) is 0 Å². The molecule has 0 fully saturated rings. The quantitative estimate of drug-likeness (QED) is 0.629. The zero-order chi connectivity index (χ0) is 13.1. The number of hydrogen-bond acceptors (Lipinski definition) is 4. The molecule has 0 saturated heterocycles. The summed E-state index contributed by atoms with van der Waals surface area (Å²) < 4.78 is 0. The molecule has 0 aliphatic rings. The van der Waals surface area contributed by atoms with Gasteiger partial charge in [0, 0.05) is 20.3 Å². The highest BCUT2D eigenvalue weighted by atomic mass is 32.1. The number of rotatable bonds is 3. The Morgan fingerprint density at radius 2 is 2.11 bits per heavy atom. The van der Waals surface area contributed by atoms with Crippen molar-refractivity contribution in [3.63, 3.8) is 0 Å². The molecule has 0 unspecified atom stereocenters. The van der Waals surface area contributed by atoms with Crippen LogP contribution in [-0.4, -0.2) is 35.3 Å². The second-order valence-electron chi connectivity index (χ2n) is 4.34. The van der Waals surface area contributed by atoms with Gasteiger partial charge in [-0.15, -0.1) is 0 Å². The lowest BCUT2D eigenvalue weighted by Gasteiger charge is -1.99. The standard InChI is InChI=1S/C13H16N4S/c1-9-5-6-14-11(7-9)12-10(2)16-13(18-12)15-8-17(3)4/h5-8H,1-4H3/b15-8+. The van der Waals surface area contributed by atoms with Gasteiger partial charge in [0.05, 0.1) is 22.6 Å². The van der Waals surface area contributed by atoms with Crippen molar-refractivity contribution in [1.29, 1.82) is 0 Å². The van der Waals surface area contributed by atoms with Gasteiger partial charge in [-0.2, -0.15) is 0 Å². The summed E-state index contributed by atoms with van der Waals surface area (Å²) in [5, 5.41) is 0.763. The molecule has 0 radical (unpaired) electrons. The third-order valence-corrected chi connectivity index (χ3v) is 3.42. The first-order valence-corrected chi connectivity index (χ1v) is 6.49. The van der Waals surface area contributed by atoms with Gasteiger partial charge < -0.3 is 4.90 Å². The van der Waals surface area contributed by atoms with E-state index in [-0.39, 0.29) is 0 Å². The third-order valence-electron chi connectivity index (χ3n) is 2.33. The van der Waals surface area contributed by atoms with E-state index < -0.39 is 0 Å². The van der Waals surface area contributed by atoms with E-state index in [1.165, 1.54) is 5.56 Å². The predicted octanol–water partition coefficient (Wildman–Crippen LogP) is 3.04. The van der Waals surface area contributed by atoms with Gasteiger partial charge in [-0.3, -0.25) is 4.98 Å². The molecule has 0 amide bonds. The molecule has 0 aliphatic carbocycles. The molecule has 2 aromatic rings. The molecule has 4 nitrogen and oxygen atoms in total. The van der Waals surface area contributed by atoms with E-state index in [1.807, 2.05) is 38.2 Å². The van der Waals surface area contributed by atoms with Crippen molar-refractivity contribution in [1.82, 2.24) is 14.9 Å². The Bertz CT molecular complexity index is 572. The van der Waals surface area contributed by atoms with Gasteiger partial charge in [0.1, 0.15) is 0 Å². The lowest BCUT2D eigenvalue weighted by atomic mass is 10.2. The third kappa shape index (κ3) is 2.92. The van der Waals surface area contributed by atoms with E-state index >= 15 is 0 Å². The lowest BCUT2D eigenvalue weighted by Crippen LogP contribution is -2.06. The first-order chi connectivity index (χ1) is 8.56. The van der Waals surface area contributed by atoms with Gasteiger partial charge in [-0.05, 0) is 31.5 Å². The van der Waals surface area contributed by atoms with Crippen molar-refractivity contribution < 1.29 is 0 Å². The second-order valence-corrected chi connectivity index (χ2v) is 5.32. The van der Waals surface area contributed by atoms with Gasteiger partial charge >= 0.3 is 0 Å². The SMILES string of the molecule is Cc1ccnc(-c2sc(/N=C/N(C)C)nc2C)c1.